The van der Waals surface area contributed by atoms with Crippen molar-refractivity contribution in [2.75, 3.05) is 24.5 Å². The molecule has 1 aliphatic rings. The monoisotopic (exact) mass is 299 g/mol. The molecular formula is C17H21N3O2. The van der Waals surface area contributed by atoms with Gasteiger partial charge in [0.2, 0.25) is 5.91 Å². The van der Waals surface area contributed by atoms with Crippen LogP contribution in [-0.4, -0.2) is 31.3 Å². The third-order valence-corrected chi connectivity index (χ3v) is 4.02. The predicted molar refractivity (Wildman–Crippen MR) is 84.8 cm³/mol. The molecule has 1 N–H and O–H groups in total. The average Bonchev–Trinajstić information content (AvgIpc) is 2.52. The van der Waals surface area contributed by atoms with E-state index in [-0.39, 0.29) is 11.7 Å². The Morgan fingerprint density at radius 3 is 2.82 bits per heavy atom. The van der Waals surface area contributed by atoms with Gasteiger partial charge in [-0.15, -0.1) is 0 Å². The fourth-order valence-electron chi connectivity index (χ4n) is 2.85. The molecule has 1 heterocycles. The van der Waals surface area contributed by atoms with Crippen LogP contribution in [0.2, 0.25) is 0 Å². The summed E-state index contributed by atoms with van der Waals surface area (Å²) in [5.74, 6) is 0.344. The Morgan fingerprint density at radius 2 is 2.18 bits per heavy atom. The van der Waals surface area contributed by atoms with Crippen molar-refractivity contribution in [2.45, 2.75) is 26.7 Å². The van der Waals surface area contributed by atoms with E-state index in [0.717, 1.165) is 31.6 Å². The largest absolute Gasteiger partial charge is 0.370 e. The maximum atomic E-state index is 11.6. The number of hydrogen-bond acceptors (Lipinski definition) is 4. The summed E-state index contributed by atoms with van der Waals surface area (Å²) in [6, 6.07) is 7.42. The summed E-state index contributed by atoms with van der Waals surface area (Å²) >= 11 is 0. The first kappa shape index (κ1) is 16.0. The number of Topliss-reactive ketones (excluding diaryl/α,β-unsaturated/α-hetero) is 1. The van der Waals surface area contributed by atoms with E-state index >= 15 is 0 Å². The summed E-state index contributed by atoms with van der Waals surface area (Å²) in [5.41, 5.74) is 2.03. The molecule has 1 saturated heterocycles. The quantitative estimate of drug-likeness (QED) is 0.864. The molecule has 0 aliphatic carbocycles. The van der Waals surface area contributed by atoms with Gasteiger partial charge < -0.3 is 10.2 Å². The fraction of sp³-hybridized carbons (Fsp3) is 0.471. The van der Waals surface area contributed by atoms with Crippen LogP contribution < -0.4 is 10.2 Å². The van der Waals surface area contributed by atoms with Crippen molar-refractivity contribution < 1.29 is 9.59 Å². The van der Waals surface area contributed by atoms with E-state index in [0.29, 0.717) is 23.6 Å². The molecule has 1 atom stereocenters. The molecular weight excluding hydrogens is 278 g/mol. The van der Waals surface area contributed by atoms with Gasteiger partial charge in [-0.3, -0.25) is 9.59 Å². The van der Waals surface area contributed by atoms with Gasteiger partial charge in [0.05, 0.1) is 11.3 Å². The second-order valence-electron chi connectivity index (χ2n) is 5.79. The molecule has 0 radical (unpaired) electrons. The first-order valence-electron chi connectivity index (χ1n) is 7.55. The van der Waals surface area contributed by atoms with Crippen LogP contribution in [0, 0.1) is 17.2 Å². The van der Waals surface area contributed by atoms with Crippen LogP contribution >= 0.6 is 0 Å². The minimum Gasteiger partial charge on any atom is -0.370 e. The lowest BCUT2D eigenvalue weighted by atomic mass is 9.96. The van der Waals surface area contributed by atoms with E-state index in [4.69, 9.17) is 0 Å². The third kappa shape index (κ3) is 3.85. The van der Waals surface area contributed by atoms with Crippen LogP contribution in [-0.2, 0) is 4.79 Å². The van der Waals surface area contributed by atoms with Crippen LogP contribution in [0.25, 0.3) is 0 Å². The number of anilines is 1. The van der Waals surface area contributed by atoms with E-state index in [1.54, 1.807) is 12.1 Å². The number of hydrogen-bond donors (Lipinski definition) is 1. The maximum absolute atomic E-state index is 11.6. The van der Waals surface area contributed by atoms with Gasteiger partial charge in [0.1, 0.15) is 6.07 Å². The van der Waals surface area contributed by atoms with Crippen molar-refractivity contribution in [3.63, 3.8) is 0 Å². The maximum Gasteiger partial charge on any atom is 0.216 e. The molecule has 2 rings (SSSR count). The topological polar surface area (TPSA) is 73.2 Å². The zero-order chi connectivity index (χ0) is 16.1. The van der Waals surface area contributed by atoms with E-state index in [1.807, 2.05) is 6.07 Å². The summed E-state index contributed by atoms with van der Waals surface area (Å²) in [4.78, 5) is 24.8. The van der Waals surface area contributed by atoms with Gasteiger partial charge in [0.15, 0.2) is 5.78 Å². The first-order valence-corrected chi connectivity index (χ1v) is 7.55. The van der Waals surface area contributed by atoms with Gasteiger partial charge >= 0.3 is 0 Å². The smallest absolute Gasteiger partial charge is 0.216 e. The van der Waals surface area contributed by atoms with Gasteiger partial charge in [-0.25, -0.2) is 0 Å². The summed E-state index contributed by atoms with van der Waals surface area (Å²) in [5, 5.41) is 12.2. The number of benzene rings is 1. The molecule has 5 heteroatoms. The molecule has 1 fully saturated rings. The number of carbonyl (C=O) groups is 2. The number of nitrogens with zero attached hydrogens (tertiary/aromatic N) is 2. The molecule has 116 valence electrons. The molecule has 5 nitrogen and oxygen atoms in total. The Morgan fingerprint density at radius 1 is 1.41 bits per heavy atom. The van der Waals surface area contributed by atoms with Crippen LogP contribution in [0.5, 0.6) is 0 Å². The first-order chi connectivity index (χ1) is 10.5. The number of nitriles is 1. The van der Waals surface area contributed by atoms with Crippen molar-refractivity contribution >= 4 is 17.4 Å². The molecule has 22 heavy (non-hydrogen) atoms. The molecule has 1 aromatic rings. The number of piperidine rings is 1. The molecule has 1 unspecified atom stereocenters. The third-order valence-electron chi connectivity index (χ3n) is 4.02. The lowest BCUT2D eigenvalue weighted by Gasteiger charge is -2.35. The van der Waals surface area contributed by atoms with Gasteiger partial charge in [-0.1, -0.05) is 0 Å². The molecule has 1 aromatic carbocycles. The van der Waals surface area contributed by atoms with E-state index in [1.165, 1.54) is 13.8 Å². The van der Waals surface area contributed by atoms with E-state index in [2.05, 4.69) is 16.3 Å². The SMILES string of the molecule is CC(=O)NCC1CCCN(c2cc(C(C)=O)ccc2C#N)C1. The number of carbonyl (C=O) groups excluding carboxylic acids is 2. The number of nitrogens with one attached hydrogen (secondary N) is 1. The Balaban J connectivity index is 2.19. The highest BCUT2D eigenvalue weighted by Gasteiger charge is 2.22. The zero-order valence-electron chi connectivity index (χ0n) is 13.1. The Hall–Kier alpha value is -2.35. The highest BCUT2D eigenvalue weighted by atomic mass is 16.1. The number of ketones is 1. The summed E-state index contributed by atoms with van der Waals surface area (Å²) in [7, 11) is 0. The van der Waals surface area contributed by atoms with Gasteiger partial charge in [0, 0.05) is 32.1 Å². The molecule has 1 aliphatic heterocycles. The predicted octanol–water partition coefficient (Wildman–Crippen LogP) is 2.11. The lowest BCUT2D eigenvalue weighted by molar-refractivity contribution is -0.119. The second-order valence-corrected chi connectivity index (χ2v) is 5.79. The van der Waals surface area contributed by atoms with Crippen molar-refractivity contribution in [2.24, 2.45) is 5.92 Å². The molecule has 1 amide bonds. The van der Waals surface area contributed by atoms with Crippen molar-refractivity contribution in [3.8, 4) is 6.07 Å². The Bertz CT molecular complexity index is 619. The van der Waals surface area contributed by atoms with Gasteiger partial charge in [0.25, 0.3) is 0 Å². The zero-order valence-corrected chi connectivity index (χ0v) is 13.1. The number of rotatable bonds is 4. The minimum atomic E-state index is -0.0200. The number of amides is 1. The molecule has 0 spiro atoms. The van der Waals surface area contributed by atoms with Crippen molar-refractivity contribution in [3.05, 3.63) is 29.3 Å². The fourth-order valence-corrected chi connectivity index (χ4v) is 2.85. The van der Waals surface area contributed by atoms with Crippen molar-refractivity contribution in [1.29, 1.82) is 5.26 Å². The normalized spacial score (nSPS) is 17.7. The van der Waals surface area contributed by atoms with Gasteiger partial charge in [-0.05, 0) is 43.9 Å². The van der Waals surface area contributed by atoms with Crippen LogP contribution in [0.3, 0.4) is 0 Å². The van der Waals surface area contributed by atoms with E-state index in [9.17, 15) is 14.9 Å². The second kappa shape index (κ2) is 7.08. The summed E-state index contributed by atoms with van der Waals surface area (Å²) in [6.45, 7) is 5.36. The molecule has 0 aromatic heterocycles. The average molecular weight is 299 g/mol. The minimum absolute atomic E-state index is 0.00227. The standard InChI is InChI=1S/C17H21N3O2/c1-12(21)15-5-6-16(9-18)17(8-15)20-7-3-4-14(11-20)10-19-13(2)22/h5-6,8,14H,3-4,7,10-11H2,1-2H3,(H,19,22). The Kier molecular flexibility index (Phi) is 5.16. The molecule has 0 saturated carbocycles. The summed E-state index contributed by atoms with van der Waals surface area (Å²) in [6.07, 6.45) is 2.07. The lowest BCUT2D eigenvalue weighted by Crippen LogP contribution is -2.40. The van der Waals surface area contributed by atoms with Crippen LogP contribution in [0.4, 0.5) is 5.69 Å². The van der Waals surface area contributed by atoms with Crippen molar-refractivity contribution in [1.82, 2.24) is 5.32 Å². The van der Waals surface area contributed by atoms with Gasteiger partial charge in [-0.2, -0.15) is 5.26 Å². The Labute approximate surface area is 130 Å². The van der Waals surface area contributed by atoms with Crippen LogP contribution in [0.1, 0.15) is 42.6 Å². The molecule has 0 bridgehead atoms. The highest BCUT2D eigenvalue weighted by Crippen LogP contribution is 2.27. The van der Waals surface area contributed by atoms with E-state index < -0.39 is 0 Å². The highest BCUT2D eigenvalue weighted by molar-refractivity contribution is 5.95. The van der Waals surface area contributed by atoms with Crippen LogP contribution in [0.15, 0.2) is 18.2 Å². The summed E-state index contributed by atoms with van der Waals surface area (Å²) < 4.78 is 0.